The predicted molar refractivity (Wildman–Crippen MR) is 89.4 cm³/mol. The zero-order valence-corrected chi connectivity index (χ0v) is 14.2. The minimum atomic E-state index is 0.265. The number of hydrogen-bond donors (Lipinski definition) is 1. The molecule has 0 amide bonds. The van der Waals surface area contributed by atoms with Crippen molar-refractivity contribution in [1.29, 1.82) is 0 Å². The van der Waals surface area contributed by atoms with Crippen LogP contribution < -0.4 is 10.2 Å². The van der Waals surface area contributed by atoms with Gasteiger partial charge in [-0.1, -0.05) is 24.6 Å². The molecule has 0 bridgehead atoms. The zero-order valence-electron chi connectivity index (χ0n) is 13.5. The number of rotatable bonds is 10. The Hall–Kier alpha value is -0.810. The highest BCUT2D eigenvalue weighted by atomic mass is 35.5. The van der Waals surface area contributed by atoms with Gasteiger partial charge in [-0.05, 0) is 31.2 Å². The normalized spacial score (nSPS) is 12.4. The molecule has 0 saturated carbocycles. The summed E-state index contributed by atoms with van der Waals surface area (Å²) < 4.78 is 10.5. The lowest BCUT2D eigenvalue weighted by atomic mass is 10.1. The van der Waals surface area contributed by atoms with Crippen LogP contribution in [0, 0.1) is 0 Å². The van der Waals surface area contributed by atoms with Gasteiger partial charge in [-0.15, -0.1) is 0 Å². The summed E-state index contributed by atoms with van der Waals surface area (Å²) >= 11 is 6.40. The first-order valence-corrected chi connectivity index (χ1v) is 7.75. The van der Waals surface area contributed by atoms with Crippen molar-refractivity contribution in [3.05, 3.63) is 28.8 Å². The Morgan fingerprint density at radius 3 is 2.62 bits per heavy atom. The van der Waals surface area contributed by atoms with Crippen molar-refractivity contribution in [3.8, 4) is 0 Å². The number of hydrogen-bond acceptors (Lipinski definition) is 4. The van der Waals surface area contributed by atoms with Crippen LogP contribution in [0.4, 0.5) is 5.69 Å². The molecule has 0 fully saturated rings. The molecule has 1 unspecified atom stereocenters. The van der Waals surface area contributed by atoms with Crippen LogP contribution in [0.15, 0.2) is 18.2 Å². The summed E-state index contributed by atoms with van der Waals surface area (Å²) in [6.45, 7) is 8.10. The highest BCUT2D eigenvalue weighted by Crippen LogP contribution is 2.25. The highest BCUT2D eigenvalue weighted by molar-refractivity contribution is 6.31. The number of nitrogens with one attached hydrogen (secondary N) is 1. The number of benzene rings is 1. The first-order chi connectivity index (χ1) is 10.1. The molecule has 1 atom stereocenters. The lowest BCUT2D eigenvalue weighted by molar-refractivity contribution is 0.171. The fraction of sp³-hybridized carbons (Fsp3) is 0.625. The second-order valence-electron chi connectivity index (χ2n) is 5.05. The van der Waals surface area contributed by atoms with Crippen LogP contribution in [-0.4, -0.2) is 46.6 Å². The standard InChI is InChI=1S/C16H27ClN2O2/c1-5-18-11-14-6-7-15(10-16(14)17)19(8-9-20-3)13(2)12-21-4/h6-7,10,13,18H,5,8-9,11-12H2,1-4H3. The lowest BCUT2D eigenvalue weighted by Gasteiger charge is -2.31. The molecule has 0 heterocycles. The van der Waals surface area contributed by atoms with Gasteiger partial charge in [0.2, 0.25) is 0 Å². The van der Waals surface area contributed by atoms with Crippen LogP contribution in [0.3, 0.4) is 0 Å². The second-order valence-corrected chi connectivity index (χ2v) is 5.45. The molecule has 0 spiro atoms. The molecule has 0 aliphatic heterocycles. The molecule has 1 N–H and O–H groups in total. The van der Waals surface area contributed by atoms with Crippen molar-refractivity contribution in [2.75, 3.05) is 45.4 Å². The molecule has 0 aliphatic rings. The van der Waals surface area contributed by atoms with Gasteiger partial charge in [-0.25, -0.2) is 0 Å². The summed E-state index contributed by atoms with van der Waals surface area (Å²) in [5.74, 6) is 0. The van der Waals surface area contributed by atoms with E-state index in [-0.39, 0.29) is 6.04 Å². The monoisotopic (exact) mass is 314 g/mol. The third-order valence-electron chi connectivity index (χ3n) is 3.41. The minimum Gasteiger partial charge on any atom is -0.383 e. The largest absolute Gasteiger partial charge is 0.383 e. The molecule has 0 saturated heterocycles. The van der Waals surface area contributed by atoms with Gasteiger partial charge in [0.25, 0.3) is 0 Å². The Balaban J connectivity index is 2.88. The van der Waals surface area contributed by atoms with Crippen molar-refractivity contribution in [1.82, 2.24) is 5.32 Å². The average Bonchev–Trinajstić information content (AvgIpc) is 2.47. The summed E-state index contributed by atoms with van der Waals surface area (Å²) in [4.78, 5) is 2.26. The zero-order chi connectivity index (χ0) is 15.7. The molecule has 0 aliphatic carbocycles. The Morgan fingerprint density at radius 2 is 2.05 bits per heavy atom. The second kappa shape index (κ2) is 10.0. The Kier molecular flexibility index (Phi) is 8.69. The van der Waals surface area contributed by atoms with E-state index in [1.165, 1.54) is 0 Å². The number of ether oxygens (including phenoxy) is 2. The number of anilines is 1. The maximum Gasteiger partial charge on any atom is 0.0663 e. The molecule has 120 valence electrons. The summed E-state index contributed by atoms with van der Waals surface area (Å²) in [5, 5.41) is 4.09. The van der Waals surface area contributed by atoms with Gasteiger partial charge in [-0.3, -0.25) is 0 Å². The van der Waals surface area contributed by atoms with Gasteiger partial charge in [-0.2, -0.15) is 0 Å². The van der Waals surface area contributed by atoms with Crippen molar-refractivity contribution >= 4 is 17.3 Å². The topological polar surface area (TPSA) is 33.7 Å². The Bertz CT molecular complexity index is 415. The van der Waals surface area contributed by atoms with E-state index < -0.39 is 0 Å². The SMILES string of the molecule is CCNCc1ccc(N(CCOC)C(C)COC)cc1Cl. The van der Waals surface area contributed by atoms with Crippen molar-refractivity contribution in [2.45, 2.75) is 26.4 Å². The number of halogens is 1. The molecular weight excluding hydrogens is 288 g/mol. The van der Waals surface area contributed by atoms with Gasteiger partial charge in [0, 0.05) is 44.1 Å². The lowest BCUT2D eigenvalue weighted by Crippen LogP contribution is -2.38. The smallest absolute Gasteiger partial charge is 0.0663 e. The maximum atomic E-state index is 6.40. The van der Waals surface area contributed by atoms with Crippen LogP contribution in [0.1, 0.15) is 19.4 Å². The van der Waals surface area contributed by atoms with E-state index in [1.54, 1.807) is 14.2 Å². The van der Waals surface area contributed by atoms with E-state index in [0.717, 1.165) is 35.9 Å². The molecule has 0 aromatic heterocycles. The van der Waals surface area contributed by atoms with Gasteiger partial charge in [0.15, 0.2) is 0 Å². The van der Waals surface area contributed by atoms with Gasteiger partial charge < -0.3 is 19.7 Å². The third kappa shape index (κ3) is 5.83. The molecule has 5 heteroatoms. The predicted octanol–water partition coefficient (Wildman–Crippen LogP) is 2.94. The van der Waals surface area contributed by atoms with E-state index in [0.29, 0.717) is 13.2 Å². The van der Waals surface area contributed by atoms with E-state index in [4.69, 9.17) is 21.1 Å². The van der Waals surface area contributed by atoms with Crippen molar-refractivity contribution in [2.24, 2.45) is 0 Å². The molecule has 4 nitrogen and oxygen atoms in total. The fourth-order valence-corrected chi connectivity index (χ4v) is 2.48. The fourth-order valence-electron chi connectivity index (χ4n) is 2.24. The molecule has 0 radical (unpaired) electrons. The van der Waals surface area contributed by atoms with Crippen LogP contribution in [0.25, 0.3) is 0 Å². The van der Waals surface area contributed by atoms with Crippen LogP contribution in [-0.2, 0) is 16.0 Å². The molecular formula is C16H27ClN2O2. The summed E-state index contributed by atoms with van der Waals surface area (Å²) in [7, 11) is 3.43. The Labute approximate surface area is 133 Å². The van der Waals surface area contributed by atoms with E-state index in [2.05, 4.69) is 36.2 Å². The van der Waals surface area contributed by atoms with Crippen molar-refractivity contribution in [3.63, 3.8) is 0 Å². The first kappa shape index (κ1) is 18.2. The van der Waals surface area contributed by atoms with Gasteiger partial charge in [0.05, 0.1) is 13.2 Å². The molecule has 1 aromatic carbocycles. The summed E-state index contributed by atoms with van der Waals surface area (Å²) in [6, 6.07) is 6.48. The van der Waals surface area contributed by atoms with Crippen molar-refractivity contribution < 1.29 is 9.47 Å². The molecule has 1 aromatic rings. The number of nitrogens with zero attached hydrogens (tertiary/aromatic N) is 1. The van der Waals surface area contributed by atoms with Gasteiger partial charge in [0.1, 0.15) is 0 Å². The van der Waals surface area contributed by atoms with E-state index >= 15 is 0 Å². The maximum absolute atomic E-state index is 6.40. The third-order valence-corrected chi connectivity index (χ3v) is 3.76. The summed E-state index contributed by atoms with van der Waals surface area (Å²) in [5.41, 5.74) is 2.22. The van der Waals surface area contributed by atoms with E-state index in [1.807, 2.05) is 6.07 Å². The van der Waals surface area contributed by atoms with Crippen LogP contribution >= 0.6 is 11.6 Å². The highest BCUT2D eigenvalue weighted by Gasteiger charge is 2.15. The first-order valence-electron chi connectivity index (χ1n) is 7.37. The van der Waals surface area contributed by atoms with E-state index in [9.17, 15) is 0 Å². The molecule has 1 rings (SSSR count). The minimum absolute atomic E-state index is 0.265. The molecule has 21 heavy (non-hydrogen) atoms. The van der Waals surface area contributed by atoms with Gasteiger partial charge >= 0.3 is 0 Å². The summed E-state index contributed by atoms with van der Waals surface area (Å²) in [6.07, 6.45) is 0. The average molecular weight is 315 g/mol. The quantitative estimate of drug-likeness (QED) is 0.720. The van der Waals surface area contributed by atoms with Crippen LogP contribution in [0.5, 0.6) is 0 Å². The Morgan fingerprint density at radius 1 is 1.29 bits per heavy atom. The van der Waals surface area contributed by atoms with Crippen LogP contribution in [0.2, 0.25) is 5.02 Å². The number of methoxy groups -OCH3 is 2.